The number of hydrogen-bond donors (Lipinski definition) is 3. The number of nitrogens with zero attached hydrogens (tertiary/aromatic N) is 2. The van der Waals surface area contributed by atoms with Gasteiger partial charge in [-0.2, -0.15) is 5.11 Å². The molecule has 7 heteroatoms. The molecule has 0 aliphatic rings. The van der Waals surface area contributed by atoms with E-state index in [2.05, 4.69) is 17.2 Å². The zero-order chi connectivity index (χ0) is 16.2. The highest BCUT2D eigenvalue weighted by Crippen LogP contribution is 2.43. The quantitative estimate of drug-likeness (QED) is 0.655. The van der Waals surface area contributed by atoms with Crippen molar-refractivity contribution in [3.05, 3.63) is 48.0 Å². The predicted molar refractivity (Wildman–Crippen MR) is 86.7 cm³/mol. The Balaban J connectivity index is 2.25. The number of methoxy groups -OCH3 is 1. The Bertz CT molecular complexity index is 666. The topological polar surface area (TPSA) is 94.6 Å². The minimum Gasteiger partial charge on any atom is -0.494 e. The third-order valence-electron chi connectivity index (χ3n) is 3.08. The first-order chi connectivity index (χ1) is 10.4. The molecule has 118 valence electrons. The second-order valence-corrected chi connectivity index (χ2v) is 6.08. The van der Waals surface area contributed by atoms with Gasteiger partial charge >= 0.3 is 0 Å². The molecule has 0 atom stereocenters. The number of aryl methyl sites for hydroxylation is 1. The van der Waals surface area contributed by atoms with Crippen LogP contribution in [0.2, 0.25) is 0 Å². The van der Waals surface area contributed by atoms with Crippen LogP contribution in [-0.4, -0.2) is 20.8 Å². The molecule has 0 aliphatic carbocycles. The second-order valence-electron chi connectivity index (χ2n) is 4.57. The first kappa shape index (κ1) is 16.4. The molecule has 0 aliphatic heterocycles. The first-order valence-corrected chi connectivity index (χ1v) is 8.14. The number of benzene rings is 2. The van der Waals surface area contributed by atoms with Crippen LogP contribution in [0, 0.1) is 0 Å². The van der Waals surface area contributed by atoms with Gasteiger partial charge in [0.25, 0.3) is 0 Å². The van der Waals surface area contributed by atoms with Gasteiger partial charge in [0.15, 0.2) is 0 Å². The molecule has 6 nitrogen and oxygen atoms in total. The van der Waals surface area contributed by atoms with Gasteiger partial charge in [-0.15, -0.1) is 5.11 Å². The maximum Gasteiger partial charge on any atom is 0.146 e. The van der Waals surface area contributed by atoms with Gasteiger partial charge in [0, 0.05) is 0 Å². The van der Waals surface area contributed by atoms with Crippen LogP contribution in [0.5, 0.6) is 5.75 Å². The Morgan fingerprint density at radius 2 is 1.68 bits per heavy atom. The molecule has 0 heterocycles. The second kappa shape index (κ2) is 6.89. The minimum absolute atomic E-state index is 0.0389. The van der Waals surface area contributed by atoms with E-state index in [4.69, 9.17) is 18.4 Å². The van der Waals surface area contributed by atoms with E-state index in [1.807, 2.05) is 18.2 Å². The average molecular weight is 322 g/mol. The summed E-state index contributed by atoms with van der Waals surface area (Å²) in [6.45, 7) is 2.05. The van der Waals surface area contributed by atoms with Crippen LogP contribution in [0.25, 0.3) is 0 Å². The number of rotatable bonds is 5. The summed E-state index contributed by atoms with van der Waals surface area (Å²) >= 11 is 0. The van der Waals surface area contributed by atoms with Crippen LogP contribution in [0.1, 0.15) is 12.5 Å². The van der Waals surface area contributed by atoms with Gasteiger partial charge in [-0.25, -0.2) is 0 Å². The molecule has 0 amide bonds. The summed E-state index contributed by atoms with van der Waals surface area (Å²) in [6, 6.07) is 11.6. The molecule has 0 saturated heterocycles. The molecule has 0 fully saturated rings. The number of azo groups is 1. The zero-order valence-electron chi connectivity index (χ0n) is 12.3. The Morgan fingerprint density at radius 3 is 2.23 bits per heavy atom. The van der Waals surface area contributed by atoms with Crippen molar-refractivity contribution in [2.75, 3.05) is 7.11 Å². The summed E-state index contributed by atoms with van der Waals surface area (Å²) in [5.74, 6) is 0.627. The lowest BCUT2D eigenvalue weighted by Gasteiger charge is -2.18. The molecule has 22 heavy (non-hydrogen) atoms. The van der Waals surface area contributed by atoms with E-state index in [1.54, 1.807) is 19.2 Å². The maximum absolute atomic E-state index is 9.14. The Kier molecular flexibility index (Phi) is 5.15. The highest BCUT2D eigenvalue weighted by atomic mass is 32.3. The van der Waals surface area contributed by atoms with Crippen LogP contribution in [-0.2, 0) is 6.42 Å². The van der Waals surface area contributed by atoms with Crippen LogP contribution in [0.15, 0.2) is 57.6 Å². The molecule has 0 aromatic heterocycles. The molecule has 2 rings (SSSR count). The standard InChI is InChI=1S/C15H18N2O4S/c1-3-11-4-9-15(21-2)14(10-11)17-16-12-5-7-13(8-6-12)22(18,19)20/h4-10,18-20H,3H2,1-2H3. The van der Waals surface area contributed by atoms with Gasteiger partial charge in [0.2, 0.25) is 0 Å². The fraction of sp³-hybridized carbons (Fsp3) is 0.200. The molecule has 2 aromatic carbocycles. The van der Waals surface area contributed by atoms with Gasteiger partial charge in [-0.3, -0.25) is 0 Å². The molecule has 2 aromatic rings. The summed E-state index contributed by atoms with van der Waals surface area (Å²) in [5, 5.41) is 8.26. The van der Waals surface area contributed by atoms with E-state index < -0.39 is 10.9 Å². The van der Waals surface area contributed by atoms with Crippen LogP contribution >= 0.6 is 10.9 Å². The van der Waals surface area contributed by atoms with Crippen molar-refractivity contribution in [2.24, 2.45) is 10.2 Å². The van der Waals surface area contributed by atoms with Crippen LogP contribution in [0.4, 0.5) is 11.4 Å². The first-order valence-electron chi connectivity index (χ1n) is 6.63. The highest BCUT2D eigenvalue weighted by Gasteiger charge is 2.14. The smallest absolute Gasteiger partial charge is 0.146 e. The van der Waals surface area contributed by atoms with Crippen molar-refractivity contribution >= 4 is 22.2 Å². The third-order valence-corrected chi connectivity index (χ3v) is 3.98. The molecule has 0 saturated carbocycles. The minimum atomic E-state index is -3.70. The normalized spacial score (nSPS) is 12.6. The van der Waals surface area contributed by atoms with Crippen molar-refractivity contribution in [3.8, 4) is 5.75 Å². The van der Waals surface area contributed by atoms with Crippen molar-refractivity contribution < 1.29 is 18.4 Å². The molecular weight excluding hydrogens is 304 g/mol. The fourth-order valence-electron chi connectivity index (χ4n) is 1.84. The van der Waals surface area contributed by atoms with Gasteiger partial charge in [0.1, 0.15) is 22.3 Å². The molecule has 0 bridgehead atoms. The summed E-state index contributed by atoms with van der Waals surface area (Å²) < 4.78 is 32.7. The van der Waals surface area contributed by atoms with E-state index in [1.165, 1.54) is 12.1 Å². The van der Waals surface area contributed by atoms with Crippen LogP contribution in [0.3, 0.4) is 0 Å². The number of hydrogen-bond acceptors (Lipinski definition) is 6. The molecule has 0 unspecified atom stereocenters. The lowest BCUT2D eigenvalue weighted by atomic mass is 10.1. The Morgan fingerprint density at radius 1 is 1.00 bits per heavy atom. The average Bonchev–Trinajstić information content (AvgIpc) is 2.52. The largest absolute Gasteiger partial charge is 0.494 e. The van der Waals surface area contributed by atoms with E-state index >= 15 is 0 Å². The van der Waals surface area contributed by atoms with E-state index in [-0.39, 0.29) is 4.90 Å². The van der Waals surface area contributed by atoms with Crippen molar-refractivity contribution in [3.63, 3.8) is 0 Å². The summed E-state index contributed by atoms with van der Waals surface area (Å²) in [6.07, 6.45) is 0.884. The molecular formula is C15H18N2O4S. The van der Waals surface area contributed by atoms with Gasteiger partial charge in [-0.05, 0) is 48.4 Å². The molecule has 3 N–H and O–H groups in total. The summed E-state index contributed by atoms with van der Waals surface area (Å²) in [4.78, 5) is 0.0389. The fourth-order valence-corrected chi connectivity index (χ4v) is 2.34. The summed E-state index contributed by atoms with van der Waals surface area (Å²) in [5.41, 5.74) is 2.27. The van der Waals surface area contributed by atoms with Crippen LogP contribution < -0.4 is 4.74 Å². The van der Waals surface area contributed by atoms with E-state index in [9.17, 15) is 0 Å². The van der Waals surface area contributed by atoms with E-state index in [0.29, 0.717) is 17.1 Å². The third kappa shape index (κ3) is 4.05. The summed E-state index contributed by atoms with van der Waals surface area (Å²) in [7, 11) is -2.13. The van der Waals surface area contributed by atoms with Crippen molar-refractivity contribution in [2.45, 2.75) is 18.2 Å². The Hall–Kier alpha value is -1.93. The highest BCUT2D eigenvalue weighted by molar-refractivity contribution is 8.19. The lowest BCUT2D eigenvalue weighted by molar-refractivity contribution is 0.376. The lowest BCUT2D eigenvalue weighted by Crippen LogP contribution is -1.94. The van der Waals surface area contributed by atoms with Crippen molar-refractivity contribution in [1.82, 2.24) is 0 Å². The number of ether oxygens (including phenoxy) is 1. The molecule has 0 radical (unpaired) electrons. The predicted octanol–water partition coefficient (Wildman–Crippen LogP) is 5.26. The zero-order valence-corrected chi connectivity index (χ0v) is 13.1. The maximum atomic E-state index is 9.14. The van der Waals surface area contributed by atoms with Gasteiger partial charge < -0.3 is 18.4 Å². The monoisotopic (exact) mass is 322 g/mol. The Labute approximate surface area is 130 Å². The SMILES string of the molecule is CCc1ccc(OC)c(N=Nc2ccc(S(O)(O)O)cc2)c1. The van der Waals surface area contributed by atoms with Gasteiger partial charge in [-0.1, -0.05) is 13.0 Å². The van der Waals surface area contributed by atoms with Crippen molar-refractivity contribution in [1.29, 1.82) is 0 Å². The molecule has 0 spiro atoms. The van der Waals surface area contributed by atoms with Gasteiger partial charge in [0.05, 0.1) is 17.7 Å². The van der Waals surface area contributed by atoms with E-state index in [0.717, 1.165) is 12.0 Å².